The predicted molar refractivity (Wildman–Crippen MR) is 69.6 cm³/mol. The first kappa shape index (κ1) is 13.7. The molecule has 0 saturated heterocycles. The summed E-state index contributed by atoms with van der Waals surface area (Å²) in [6.07, 6.45) is 1.32. The van der Waals surface area contributed by atoms with Crippen molar-refractivity contribution in [1.82, 2.24) is 5.32 Å². The largest absolute Gasteiger partial charge is 0.466 e. The van der Waals surface area contributed by atoms with Gasteiger partial charge in [-0.3, -0.25) is 4.79 Å². The first-order valence-corrected chi connectivity index (χ1v) is 6.99. The van der Waals surface area contributed by atoms with Gasteiger partial charge in [-0.1, -0.05) is 0 Å². The Hall–Kier alpha value is -0.390. The average molecular weight is 306 g/mol. The summed E-state index contributed by atoms with van der Waals surface area (Å²) < 4.78 is 5.99. The number of thiophene rings is 1. The number of nitrogens with one attached hydrogen (secondary N) is 1. The van der Waals surface area contributed by atoms with Crippen molar-refractivity contribution in [2.45, 2.75) is 26.3 Å². The highest BCUT2D eigenvalue weighted by Gasteiger charge is 2.01. The third-order valence-corrected chi connectivity index (χ3v) is 3.54. The predicted octanol–water partition coefficient (Wildman–Crippen LogP) is 2.94. The molecule has 0 amide bonds. The molecular formula is C11H16BrNO2S. The number of ether oxygens (including phenoxy) is 1. The van der Waals surface area contributed by atoms with Crippen LogP contribution in [0.1, 0.15) is 25.3 Å². The molecule has 0 atom stereocenters. The van der Waals surface area contributed by atoms with Gasteiger partial charge in [-0.2, -0.15) is 0 Å². The molecule has 16 heavy (non-hydrogen) atoms. The molecule has 0 fully saturated rings. The zero-order valence-corrected chi connectivity index (χ0v) is 11.7. The molecule has 90 valence electrons. The van der Waals surface area contributed by atoms with E-state index in [2.05, 4.69) is 32.7 Å². The summed E-state index contributed by atoms with van der Waals surface area (Å²) >= 11 is 5.10. The van der Waals surface area contributed by atoms with Crippen molar-refractivity contribution in [3.05, 3.63) is 20.8 Å². The van der Waals surface area contributed by atoms with E-state index >= 15 is 0 Å². The summed E-state index contributed by atoms with van der Waals surface area (Å²) in [5.74, 6) is -0.109. The zero-order valence-electron chi connectivity index (χ0n) is 9.29. The van der Waals surface area contributed by atoms with Crippen molar-refractivity contribution >= 4 is 33.2 Å². The summed E-state index contributed by atoms with van der Waals surface area (Å²) in [4.78, 5) is 11.0. The van der Waals surface area contributed by atoms with Crippen LogP contribution < -0.4 is 5.32 Å². The van der Waals surface area contributed by atoms with Crippen LogP contribution in [0.3, 0.4) is 0 Å². The Kier molecular flexibility index (Phi) is 6.68. The van der Waals surface area contributed by atoms with Crippen molar-refractivity contribution in [3.63, 3.8) is 0 Å². The minimum Gasteiger partial charge on any atom is -0.466 e. The van der Waals surface area contributed by atoms with Crippen LogP contribution in [0.4, 0.5) is 0 Å². The molecule has 5 heteroatoms. The molecule has 0 spiro atoms. The van der Waals surface area contributed by atoms with E-state index in [4.69, 9.17) is 4.74 Å². The Labute approximate surface area is 108 Å². The van der Waals surface area contributed by atoms with E-state index < -0.39 is 0 Å². The second-order valence-corrected chi connectivity index (χ2v) is 5.63. The molecule has 0 bridgehead atoms. The van der Waals surface area contributed by atoms with E-state index in [1.807, 2.05) is 6.92 Å². The molecule has 0 unspecified atom stereocenters. The van der Waals surface area contributed by atoms with Crippen molar-refractivity contribution in [2.24, 2.45) is 0 Å². The van der Waals surface area contributed by atoms with Crippen molar-refractivity contribution < 1.29 is 9.53 Å². The van der Waals surface area contributed by atoms with E-state index in [-0.39, 0.29) is 5.97 Å². The maximum Gasteiger partial charge on any atom is 0.305 e. The standard InChI is InChI=1S/C11H16BrNO2S/c1-2-15-11(14)4-3-5-13-7-9-6-10(12)16-8-9/h6,8,13H,2-5,7H2,1H3. The van der Waals surface area contributed by atoms with Gasteiger partial charge < -0.3 is 10.1 Å². The maximum absolute atomic E-state index is 11.0. The number of hydrogen-bond donors (Lipinski definition) is 1. The fraction of sp³-hybridized carbons (Fsp3) is 0.545. The normalized spacial score (nSPS) is 10.4. The summed E-state index contributed by atoms with van der Waals surface area (Å²) in [6, 6.07) is 2.10. The quantitative estimate of drug-likeness (QED) is 0.622. The van der Waals surface area contributed by atoms with E-state index in [1.54, 1.807) is 11.3 Å². The van der Waals surface area contributed by atoms with Crippen LogP contribution in [0.15, 0.2) is 15.2 Å². The molecule has 0 aromatic carbocycles. The van der Waals surface area contributed by atoms with Crippen molar-refractivity contribution in [2.75, 3.05) is 13.2 Å². The van der Waals surface area contributed by atoms with E-state index in [1.165, 1.54) is 5.56 Å². The Bertz CT molecular complexity index is 328. The lowest BCUT2D eigenvalue weighted by atomic mass is 10.3. The van der Waals surface area contributed by atoms with Crippen LogP contribution >= 0.6 is 27.3 Å². The van der Waals surface area contributed by atoms with Gasteiger partial charge >= 0.3 is 5.97 Å². The average Bonchev–Trinajstić information content (AvgIpc) is 2.64. The molecule has 0 aliphatic heterocycles. The van der Waals surface area contributed by atoms with Crippen molar-refractivity contribution in [3.8, 4) is 0 Å². The molecule has 1 N–H and O–H groups in total. The third kappa shape index (κ3) is 5.63. The molecule has 1 heterocycles. The van der Waals surface area contributed by atoms with Gasteiger partial charge in [-0.05, 0) is 52.8 Å². The monoisotopic (exact) mass is 305 g/mol. The highest BCUT2D eigenvalue weighted by Crippen LogP contribution is 2.20. The fourth-order valence-electron chi connectivity index (χ4n) is 1.26. The van der Waals surface area contributed by atoms with Crippen LogP contribution in [0.25, 0.3) is 0 Å². The smallest absolute Gasteiger partial charge is 0.305 e. The van der Waals surface area contributed by atoms with Gasteiger partial charge in [0.2, 0.25) is 0 Å². The highest BCUT2D eigenvalue weighted by molar-refractivity contribution is 9.11. The molecule has 3 nitrogen and oxygen atoms in total. The molecule has 0 aliphatic rings. The lowest BCUT2D eigenvalue weighted by Crippen LogP contribution is -2.16. The van der Waals surface area contributed by atoms with Gasteiger partial charge in [0.25, 0.3) is 0 Å². The number of rotatable bonds is 7. The van der Waals surface area contributed by atoms with Crippen LogP contribution in [0, 0.1) is 0 Å². The number of esters is 1. The number of hydrogen-bond acceptors (Lipinski definition) is 4. The van der Waals surface area contributed by atoms with Crippen LogP contribution in [0.5, 0.6) is 0 Å². The first-order chi connectivity index (χ1) is 7.72. The molecule has 1 aromatic rings. The molecule has 0 radical (unpaired) electrons. The Morgan fingerprint density at radius 2 is 2.44 bits per heavy atom. The highest BCUT2D eigenvalue weighted by atomic mass is 79.9. The van der Waals surface area contributed by atoms with Gasteiger partial charge in [0.05, 0.1) is 10.4 Å². The van der Waals surface area contributed by atoms with Gasteiger partial charge in [-0.15, -0.1) is 11.3 Å². The Morgan fingerprint density at radius 3 is 3.06 bits per heavy atom. The Morgan fingerprint density at radius 1 is 1.62 bits per heavy atom. The van der Waals surface area contributed by atoms with Gasteiger partial charge in [0.15, 0.2) is 0 Å². The second-order valence-electron chi connectivity index (χ2n) is 3.34. The summed E-state index contributed by atoms with van der Waals surface area (Å²) in [7, 11) is 0. The summed E-state index contributed by atoms with van der Waals surface area (Å²) in [5, 5.41) is 5.40. The van der Waals surface area contributed by atoms with Gasteiger partial charge in [0, 0.05) is 13.0 Å². The van der Waals surface area contributed by atoms with E-state index in [0.717, 1.165) is 23.3 Å². The molecule has 0 saturated carbocycles. The first-order valence-electron chi connectivity index (χ1n) is 5.31. The fourth-order valence-corrected chi connectivity index (χ4v) is 2.47. The van der Waals surface area contributed by atoms with E-state index in [0.29, 0.717) is 13.0 Å². The molecule has 1 aromatic heterocycles. The molecule has 1 rings (SSSR count). The topological polar surface area (TPSA) is 38.3 Å². The maximum atomic E-state index is 11.0. The number of carbonyl (C=O) groups excluding carboxylic acids is 1. The molecule has 0 aliphatic carbocycles. The van der Waals surface area contributed by atoms with Gasteiger partial charge in [-0.25, -0.2) is 0 Å². The minimum atomic E-state index is -0.109. The van der Waals surface area contributed by atoms with E-state index in [9.17, 15) is 4.79 Å². The number of carbonyl (C=O) groups is 1. The number of halogens is 1. The third-order valence-electron chi connectivity index (χ3n) is 1.99. The lowest BCUT2D eigenvalue weighted by molar-refractivity contribution is -0.143. The molecular weight excluding hydrogens is 290 g/mol. The van der Waals surface area contributed by atoms with Crippen LogP contribution in [-0.2, 0) is 16.1 Å². The van der Waals surface area contributed by atoms with Crippen molar-refractivity contribution in [1.29, 1.82) is 0 Å². The minimum absolute atomic E-state index is 0.109. The lowest BCUT2D eigenvalue weighted by Gasteiger charge is -2.03. The summed E-state index contributed by atoms with van der Waals surface area (Å²) in [6.45, 7) is 3.98. The van der Waals surface area contributed by atoms with Crippen LogP contribution in [0.2, 0.25) is 0 Å². The summed E-state index contributed by atoms with van der Waals surface area (Å²) in [5.41, 5.74) is 1.27. The van der Waals surface area contributed by atoms with Crippen LogP contribution in [-0.4, -0.2) is 19.1 Å². The second kappa shape index (κ2) is 7.81. The SMILES string of the molecule is CCOC(=O)CCCNCc1csc(Br)c1. The Balaban J connectivity index is 2.02. The zero-order chi connectivity index (χ0) is 11.8. The van der Waals surface area contributed by atoms with Gasteiger partial charge in [0.1, 0.15) is 0 Å².